The first-order valence-corrected chi connectivity index (χ1v) is 3.29. The summed E-state index contributed by atoms with van der Waals surface area (Å²) in [6.07, 6.45) is -3.47. The maximum atomic E-state index is 11.6. The molecule has 1 rings (SSSR count). The van der Waals surface area contributed by atoms with Gasteiger partial charge in [0.2, 0.25) is 0 Å². The molecule has 1 aromatic heterocycles. The lowest BCUT2D eigenvalue weighted by Crippen LogP contribution is -2.37. The predicted molar refractivity (Wildman–Crippen MR) is 45.0 cm³/mol. The normalized spacial score (nSPS) is 10.2. The lowest BCUT2D eigenvalue weighted by molar-refractivity contribution is -0.146. The average molecular weight is 227 g/mol. The van der Waals surface area contributed by atoms with Crippen LogP contribution in [0.4, 0.5) is 13.2 Å². The zero-order chi connectivity index (χ0) is 9.90. The van der Waals surface area contributed by atoms with Gasteiger partial charge in [-0.3, -0.25) is 15.1 Å². The molecule has 0 saturated carbocycles. The van der Waals surface area contributed by atoms with E-state index in [1.807, 2.05) is 0 Å². The monoisotopic (exact) mass is 226 g/mol. The third kappa shape index (κ3) is 4.08. The van der Waals surface area contributed by atoms with Crippen molar-refractivity contribution in [3.05, 3.63) is 30.1 Å². The summed E-state index contributed by atoms with van der Waals surface area (Å²) in [5.41, 5.74) is -0.264. The number of carbonyl (C=O) groups excluding carboxylic acids is 1. The topological polar surface area (TPSA) is 42.0 Å². The molecule has 0 bridgehead atoms. The molecule has 14 heavy (non-hydrogen) atoms. The predicted octanol–water partition coefficient (Wildman–Crippen LogP) is 1.75. The van der Waals surface area contributed by atoms with Gasteiger partial charge in [-0.2, -0.15) is 13.2 Å². The Morgan fingerprint density at radius 3 is 2.43 bits per heavy atom. The highest BCUT2D eigenvalue weighted by Gasteiger charge is 2.30. The summed E-state index contributed by atoms with van der Waals surface area (Å²) < 4.78 is 34.9. The average Bonchev–Trinajstić information content (AvgIpc) is 2.03. The molecule has 1 aromatic rings. The molecule has 1 N–H and O–H groups in total. The van der Waals surface area contributed by atoms with Crippen molar-refractivity contribution in [2.75, 3.05) is 0 Å². The molecule has 0 aliphatic heterocycles. The third-order valence-corrected chi connectivity index (χ3v) is 1.15. The molecule has 1 amide bonds. The van der Waals surface area contributed by atoms with E-state index in [2.05, 4.69) is 4.98 Å². The zero-order valence-corrected chi connectivity index (χ0v) is 7.52. The number of nitrogens with zero attached hydrogens (tertiary/aromatic N) is 1. The van der Waals surface area contributed by atoms with E-state index in [9.17, 15) is 18.0 Å². The minimum atomic E-state index is -4.71. The Hall–Kier alpha value is -1.30. The summed E-state index contributed by atoms with van der Waals surface area (Å²) in [7, 11) is 0. The Balaban J connectivity index is 0.00000169. The van der Waals surface area contributed by atoms with Crippen LogP contribution in [0.25, 0.3) is 0 Å². The Labute approximate surface area is 83.7 Å². The Bertz CT molecular complexity index is 302. The van der Waals surface area contributed by atoms with Crippen LogP contribution < -0.4 is 5.32 Å². The Morgan fingerprint density at radius 1 is 1.36 bits per heavy atom. The molecular formula is C7H6ClF3N2O. The lowest BCUT2D eigenvalue weighted by Gasteiger charge is -2.06. The largest absolute Gasteiger partial charge is 0.484 e. The first-order valence-electron chi connectivity index (χ1n) is 3.29. The van der Waals surface area contributed by atoms with Crippen molar-refractivity contribution < 1.29 is 18.0 Å². The fraction of sp³-hybridized carbons (Fsp3) is 0.143. The SMILES string of the molecule is Cl.O=C(NC(F)(F)F)c1ccccn1. The highest BCUT2D eigenvalue weighted by molar-refractivity contribution is 5.92. The second-order valence-electron chi connectivity index (χ2n) is 2.17. The first kappa shape index (κ1) is 12.7. The van der Waals surface area contributed by atoms with Crippen molar-refractivity contribution in [3.63, 3.8) is 0 Å². The van der Waals surface area contributed by atoms with Gasteiger partial charge in [0.1, 0.15) is 5.69 Å². The van der Waals surface area contributed by atoms with Gasteiger partial charge in [0.25, 0.3) is 5.91 Å². The van der Waals surface area contributed by atoms with Gasteiger partial charge in [0.15, 0.2) is 0 Å². The van der Waals surface area contributed by atoms with Crippen LogP contribution in [0.2, 0.25) is 0 Å². The van der Waals surface area contributed by atoms with Crippen LogP contribution in [0.5, 0.6) is 0 Å². The number of pyridine rings is 1. The van der Waals surface area contributed by atoms with Crippen molar-refractivity contribution in [3.8, 4) is 0 Å². The second-order valence-corrected chi connectivity index (χ2v) is 2.17. The van der Waals surface area contributed by atoms with Crippen molar-refractivity contribution in [2.45, 2.75) is 6.30 Å². The molecular weight excluding hydrogens is 221 g/mol. The number of rotatable bonds is 1. The van der Waals surface area contributed by atoms with E-state index in [-0.39, 0.29) is 18.1 Å². The molecule has 0 atom stereocenters. The van der Waals surface area contributed by atoms with E-state index in [4.69, 9.17) is 0 Å². The van der Waals surface area contributed by atoms with E-state index in [0.717, 1.165) is 5.32 Å². The van der Waals surface area contributed by atoms with Crippen LogP contribution in [-0.2, 0) is 0 Å². The van der Waals surface area contributed by atoms with E-state index in [1.165, 1.54) is 24.4 Å². The second kappa shape index (κ2) is 4.80. The van der Waals surface area contributed by atoms with Gasteiger partial charge >= 0.3 is 6.30 Å². The van der Waals surface area contributed by atoms with Crippen molar-refractivity contribution in [1.82, 2.24) is 10.3 Å². The highest BCUT2D eigenvalue weighted by Crippen LogP contribution is 2.10. The first-order chi connectivity index (χ1) is 5.99. The highest BCUT2D eigenvalue weighted by atomic mass is 35.5. The molecule has 0 aliphatic rings. The van der Waals surface area contributed by atoms with Crippen molar-refractivity contribution >= 4 is 18.3 Å². The number of halogens is 4. The van der Waals surface area contributed by atoms with Gasteiger partial charge in [-0.1, -0.05) is 6.07 Å². The Kier molecular flexibility index (Phi) is 4.36. The van der Waals surface area contributed by atoms with E-state index < -0.39 is 12.2 Å². The van der Waals surface area contributed by atoms with Gasteiger partial charge in [-0.25, -0.2) is 0 Å². The maximum Gasteiger partial charge on any atom is 0.484 e. The smallest absolute Gasteiger partial charge is 0.267 e. The molecule has 0 spiro atoms. The maximum absolute atomic E-state index is 11.6. The van der Waals surface area contributed by atoms with Crippen LogP contribution in [0.1, 0.15) is 10.5 Å². The summed E-state index contributed by atoms with van der Waals surface area (Å²) in [4.78, 5) is 14.2. The fourth-order valence-electron chi connectivity index (χ4n) is 0.690. The molecule has 78 valence electrons. The summed E-state index contributed by atoms with van der Waals surface area (Å²) in [6, 6.07) is 4.13. The number of aromatic nitrogens is 1. The van der Waals surface area contributed by atoms with E-state index >= 15 is 0 Å². The van der Waals surface area contributed by atoms with Gasteiger partial charge < -0.3 is 0 Å². The molecule has 0 aliphatic carbocycles. The van der Waals surface area contributed by atoms with Crippen LogP contribution in [0.15, 0.2) is 24.4 Å². The van der Waals surface area contributed by atoms with Crippen LogP contribution >= 0.6 is 12.4 Å². The zero-order valence-electron chi connectivity index (χ0n) is 6.71. The van der Waals surface area contributed by atoms with Crippen LogP contribution in [-0.4, -0.2) is 17.2 Å². The van der Waals surface area contributed by atoms with Crippen molar-refractivity contribution in [2.24, 2.45) is 0 Å². The molecule has 0 radical (unpaired) electrons. The number of nitrogens with one attached hydrogen (secondary N) is 1. The van der Waals surface area contributed by atoms with Gasteiger partial charge in [0.05, 0.1) is 0 Å². The molecule has 0 unspecified atom stereocenters. The molecule has 0 fully saturated rings. The lowest BCUT2D eigenvalue weighted by atomic mass is 10.3. The summed E-state index contributed by atoms with van der Waals surface area (Å²) in [5, 5.41) is 0.834. The minimum absolute atomic E-state index is 0. The number of hydrogen-bond donors (Lipinski definition) is 1. The molecule has 1 heterocycles. The van der Waals surface area contributed by atoms with E-state index in [0.29, 0.717) is 0 Å². The standard InChI is InChI=1S/C7H5F3N2O.ClH/c8-7(9,10)12-6(13)5-3-1-2-4-11-5;/h1-4H,(H,12,13);1H. The van der Waals surface area contributed by atoms with Crippen LogP contribution in [0, 0.1) is 0 Å². The van der Waals surface area contributed by atoms with Gasteiger partial charge in [-0.15, -0.1) is 12.4 Å². The fourth-order valence-corrected chi connectivity index (χ4v) is 0.690. The Morgan fingerprint density at radius 2 is 2.00 bits per heavy atom. The van der Waals surface area contributed by atoms with Gasteiger partial charge in [-0.05, 0) is 12.1 Å². The van der Waals surface area contributed by atoms with E-state index in [1.54, 1.807) is 0 Å². The summed E-state index contributed by atoms with van der Waals surface area (Å²) in [6.45, 7) is 0. The number of alkyl halides is 3. The minimum Gasteiger partial charge on any atom is -0.267 e. The molecule has 7 heteroatoms. The molecule has 0 aromatic carbocycles. The summed E-state index contributed by atoms with van der Waals surface area (Å²) in [5.74, 6) is -1.26. The quantitative estimate of drug-likeness (QED) is 0.742. The number of hydrogen-bond acceptors (Lipinski definition) is 2. The van der Waals surface area contributed by atoms with Crippen molar-refractivity contribution in [1.29, 1.82) is 0 Å². The number of amides is 1. The van der Waals surface area contributed by atoms with Crippen LogP contribution in [0.3, 0.4) is 0 Å². The molecule has 0 saturated heterocycles. The molecule has 3 nitrogen and oxygen atoms in total. The summed E-state index contributed by atoms with van der Waals surface area (Å²) >= 11 is 0. The van der Waals surface area contributed by atoms with Gasteiger partial charge in [0, 0.05) is 6.20 Å². The number of carbonyl (C=O) groups is 1. The third-order valence-electron chi connectivity index (χ3n) is 1.15.